The molecule has 0 heterocycles. The fraction of sp³-hybridized carbons (Fsp3) is 0.457. The highest BCUT2D eigenvalue weighted by atomic mass is 127. The van der Waals surface area contributed by atoms with Gasteiger partial charge >= 0.3 is 5.97 Å². The second-order valence-electron chi connectivity index (χ2n) is 12.6. The highest BCUT2D eigenvalue weighted by Gasteiger charge is 2.41. The Kier molecular flexibility index (Phi) is 12.0. The Morgan fingerprint density at radius 3 is 2.40 bits per heavy atom. The molecule has 6 nitrogen and oxygen atoms in total. The van der Waals surface area contributed by atoms with Gasteiger partial charge in [0.2, 0.25) is 11.8 Å². The largest absolute Gasteiger partial charge is 0.481 e. The lowest BCUT2D eigenvalue weighted by Crippen LogP contribution is -2.57. The van der Waals surface area contributed by atoms with Gasteiger partial charge in [-0.15, -0.1) is 0 Å². The summed E-state index contributed by atoms with van der Waals surface area (Å²) in [5, 5.41) is 15.6. The minimum Gasteiger partial charge on any atom is -0.481 e. The van der Waals surface area contributed by atoms with Gasteiger partial charge in [0, 0.05) is 16.4 Å². The van der Waals surface area contributed by atoms with Crippen LogP contribution in [0.2, 0.25) is 0 Å². The smallest absolute Gasteiger partial charge is 0.304 e. The number of amides is 2. The Balaban J connectivity index is 1.70. The number of carboxylic acids is 1. The molecule has 0 radical (unpaired) electrons. The van der Waals surface area contributed by atoms with E-state index in [-0.39, 0.29) is 12.3 Å². The van der Waals surface area contributed by atoms with Gasteiger partial charge < -0.3 is 15.7 Å². The average Bonchev–Trinajstić information content (AvgIpc) is 2.95. The van der Waals surface area contributed by atoms with Gasteiger partial charge in [-0.05, 0) is 66.4 Å². The van der Waals surface area contributed by atoms with Gasteiger partial charge in [0.15, 0.2) is 0 Å². The maximum atomic E-state index is 13.7. The lowest BCUT2D eigenvalue weighted by atomic mass is 9.78. The summed E-state index contributed by atoms with van der Waals surface area (Å²) in [5.74, 6) is -1.23. The molecule has 1 aliphatic carbocycles. The van der Waals surface area contributed by atoms with Gasteiger partial charge in [-0.1, -0.05) is 117 Å². The lowest BCUT2D eigenvalue weighted by molar-refractivity contribution is -0.146. The van der Waals surface area contributed by atoms with E-state index < -0.39 is 28.7 Å². The molecular weight excluding hydrogens is 639 g/mol. The van der Waals surface area contributed by atoms with Crippen molar-refractivity contribution in [1.82, 2.24) is 10.6 Å². The molecule has 1 aliphatic rings. The van der Waals surface area contributed by atoms with E-state index in [1.165, 1.54) is 16.7 Å². The lowest BCUT2D eigenvalue weighted by Gasteiger charge is -2.36. The summed E-state index contributed by atoms with van der Waals surface area (Å²) in [6.45, 7) is 10.3. The number of nitrogens with one attached hydrogen (secondary N) is 2. The van der Waals surface area contributed by atoms with Crippen molar-refractivity contribution in [3.05, 3.63) is 89.0 Å². The molecule has 2 aromatic carbocycles. The number of halogens is 1. The van der Waals surface area contributed by atoms with Crippen molar-refractivity contribution in [2.75, 3.05) is 4.43 Å². The van der Waals surface area contributed by atoms with E-state index in [9.17, 15) is 19.5 Å². The van der Waals surface area contributed by atoms with Crippen molar-refractivity contribution < 1.29 is 19.5 Å². The summed E-state index contributed by atoms with van der Waals surface area (Å²) >= 11 is 2.22. The molecule has 0 fully saturated rings. The summed E-state index contributed by atoms with van der Waals surface area (Å²) in [7, 11) is 0. The van der Waals surface area contributed by atoms with Crippen LogP contribution in [0, 0.1) is 23.7 Å². The van der Waals surface area contributed by atoms with E-state index in [2.05, 4.69) is 83.5 Å². The molecule has 226 valence electrons. The quantitative estimate of drug-likeness (QED) is 0.147. The number of rotatable bonds is 14. The number of hydrogen-bond acceptors (Lipinski definition) is 3. The minimum absolute atomic E-state index is 0.278. The van der Waals surface area contributed by atoms with Crippen LogP contribution in [0.4, 0.5) is 0 Å². The van der Waals surface area contributed by atoms with Gasteiger partial charge in [0.25, 0.3) is 0 Å². The first-order valence-electron chi connectivity index (χ1n) is 14.7. The second-order valence-corrected chi connectivity index (χ2v) is 13.3. The Bertz CT molecular complexity index is 1320. The summed E-state index contributed by atoms with van der Waals surface area (Å²) in [6.07, 6.45) is 9.03. The Morgan fingerprint density at radius 1 is 1.07 bits per heavy atom. The molecule has 2 unspecified atom stereocenters. The number of carbonyl (C=O) groups excluding carboxylic acids is 2. The summed E-state index contributed by atoms with van der Waals surface area (Å²) in [5.41, 5.74) is 4.26. The van der Waals surface area contributed by atoms with E-state index in [0.717, 1.165) is 24.0 Å². The van der Waals surface area contributed by atoms with Crippen molar-refractivity contribution in [2.45, 2.75) is 79.3 Å². The van der Waals surface area contributed by atoms with Crippen LogP contribution < -0.4 is 10.6 Å². The van der Waals surface area contributed by atoms with Crippen molar-refractivity contribution in [2.24, 2.45) is 16.7 Å². The van der Waals surface area contributed by atoms with Crippen LogP contribution in [0.25, 0.3) is 5.57 Å². The third-order valence-electron chi connectivity index (χ3n) is 8.29. The van der Waals surface area contributed by atoms with Gasteiger partial charge in [0.1, 0.15) is 6.04 Å². The number of aliphatic carboxylic acids is 1. The summed E-state index contributed by atoms with van der Waals surface area (Å²) < 4.78 is 0.630. The van der Waals surface area contributed by atoms with Crippen molar-refractivity contribution in [3.63, 3.8) is 0 Å². The van der Waals surface area contributed by atoms with Gasteiger partial charge in [-0.3, -0.25) is 14.4 Å². The first-order chi connectivity index (χ1) is 19.9. The number of aryl methyl sites for hydroxylation is 2. The number of alkyl halides is 1. The zero-order valence-corrected chi connectivity index (χ0v) is 27.7. The molecule has 0 saturated heterocycles. The molecule has 0 spiro atoms. The molecule has 42 heavy (non-hydrogen) atoms. The van der Waals surface area contributed by atoms with Crippen LogP contribution in [0.15, 0.2) is 66.8 Å². The predicted octanol–water partition coefficient (Wildman–Crippen LogP) is 7.04. The highest BCUT2D eigenvalue weighted by molar-refractivity contribution is 14.1. The molecule has 3 rings (SSSR count). The van der Waals surface area contributed by atoms with Crippen LogP contribution in [0.5, 0.6) is 0 Å². The topological polar surface area (TPSA) is 95.5 Å². The van der Waals surface area contributed by atoms with Gasteiger partial charge in [-0.25, -0.2) is 0 Å². The molecule has 0 aliphatic heterocycles. The Morgan fingerprint density at radius 2 is 1.79 bits per heavy atom. The minimum atomic E-state index is -1.16. The number of carboxylic acid groups (broad SMARTS) is 1. The third-order valence-corrected chi connectivity index (χ3v) is 10.3. The van der Waals surface area contributed by atoms with Crippen molar-refractivity contribution in [1.29, 1.82) is 0 Å². The molecule has 2 amide bonds. The molecular formula is C35H45IN2O4. The third kappa shape index (κ3) is 9.03. The standard InChI is InChI=1S/C35H45IN2O4/c1-24-12-9-10-16-28(24)29-18-17-26(20-25(29)2)15-11-19-35(5,21-30(39)40)33(42)38-31(34(3,4)23-36)32(41)37-22-27-13-7-6-8-14-27/h6-10,13-14,16-18,20,24,31H,11-12,15,19,21-23H2,1-5H3,(H,37,41)(H,38,42)(H,39,40)/t24?,31-,35?/m1/s1. The molecule has 0 saturated carbocycles. The maximum Gasteiger partial charge on any atom is 0.304 e. The van der Waals surface area contributed by atoms with Crippen LogP contribution in [-0.2, 0) is 27.3 Å². The zero-order chi connectivity index (χ0) is 30.9. The maximum absolute atomic E-state index is 13.7. The SMILES string of the molecule is Cc1cc(CCCC(C)(CC(=O)O)C(=O)N[C@H](C(=O)NCc2ccccc2)C(C)(C)CI)ccc1C1=CC=CCC1C. The van der Waals surface area contributed by atoms with E-state index in [0.29, 0.717) is 29.7 Å². The van der Waals surface area contributed by atoms with E-state index in [1.807, 2.05) is 44.2 Å². The zero-order valence-electron chi connectivity index (χ0n) is 25.5. The number of carbonyl (C=O) groups is 3. The van der Waals surface area contributed by atoms with Crippen LogP contribution in [0.3, 0.4) is 0 Å². The fourth-order valence-corrected chi connectivity index (χ4v) is 5.93. The number of hydrogen-bond donors (Lipinski definition) is 3. The molecule has 3 N–H and O–H groups in total. The fourth-order valence-electron chi connectivity index (χ4n) is 5.49. The summed E-state index contributed by atoms with van der Waals surface area (Å²) in [6, 6.07) is 15.3. The van der Waals surface area contributed by atoms with Crippen LogP contribution >= 0.6 is 22.6 Å². The average molecular weight is 685 g/mol. The van der Waals surface area contributed by atoms with E-state index in [1.54, 1.807) is 6.92 Å². The monoisotopic (exact) mass is 684 g/mol. The van der Waals surface area contributed by atoms with Gasteiger partial charge in [0.05, 0.1) is 11.8 Å². The molecule has 0 bridgehead atoms. The van der Waals surface area contributed by atoms with E-state index >= 15 is 0 Å². The van der Waals surface area contributed by atoms with Crippen molar-refractivity contribution in [3.8, 4) is 0 Å². The Labute approximate surface area is 264 Å². The molecule has 2 aromatic rings. The molecule has 7 heteroatoms. The number of benzene rings is 2. The summed E-state index contributed by atoms with van der Waals surface area (Å²) in [4.78, 5) is 39.0. The highest BCUT2D eigenvalue weighted by Crippen LogP contribution is 2.34. The molecule has 0 aromatic heterocycles. The Hall–Kier alpha value is -2.94. The van der Waals surface area contributed by atoms with E-state index in [4.69, 9.17) is 0 Å². The van der Waals surface area contributed by atoms with Crippen molar-refractivity contribution >= 4 is 45.9 Å². The molecule has 3 atom stereocenters. The second kappa shape index (κ2) is 15.0. The predicted molar refractivity (Wildman–Crippen MR) is 178 cm³/mol. The van der Waals surface area contributed by atoms with Crippen LogP contribution in [-0.4, -0.2) is 33.4 Å². The van der Waals surface area contributed by atoms with Crippen LogP contribution in [0.1, 0.15) is 75.6 Å². The normalized spacial score (nSPS) is 17.1. The number of allylic oxidation sites excluding steroid dienone is 4. The first kappa shape index (κ1) is 33.6. The van der Waals surface area contributed by atoms with Gasteiger partial charge in [-0.2, -0.15) is 0 Å². The first-order valence-corrected chi connectivity index (χ1v) is 16.3.